The molecule has 1 saturated heterocycles. The highest BCUT2D eigenvalue weighted by atomic mass is 16.2. The van der Waals surface area contributed by atoms with Crippen LogP contribution in [0, 0.1) is 11.8 Å². The number of rotatable bonds is 2. The van der Waals surface area contributed by atoms with Gasteiger partial charge in [0.25, 0.3) is 0 Å². The minimum Gasteiger partial charge on any atom is -0.368 e. The first kappa shape index (κ1) is 14.4. The Kier molecular flexibility index (Phi) is 2.76. The van der Waals surface area contributed by atoms with Gasteiger partial charge in [-0.1, -0.05) is 48.5 Å². The lowest BCUT2D eigenvalue weighted by Crippen LogP contribution is -2.41. The zero-order valence-electron chi connectivity index (χ0n) is 13.4. The number of carbonyl (C=O) groups excluding carboxylic acids is 3. The number of likely N-dealkylation sites (tertiary alicyclic amines) is 1. The monoisotopic (exact) mass is 332 g/mol. The minimum atomic E-state index is -0.664. The molecule has 0 spiro atoms. The van der Waals surface area contributed by atoms with E-state index in [1.165, 1.54) is 0 Å². The van der Waals surface area contributed by atoms with Gasteiger partial charge in [-0.25, -0.2) is 0 Å². The quantitative estimate of drug-likeness (QED) is 0.843. The van der Waals surface area contributed by atoms with Crippen LogP contribution in [0.5, 0.6) is 0 Å². The van der Waals surface area contributed by atoms with Crippen molar-refractivity contribution in [3.8, 4) is 0 Å². The van der Waals surface area contributed by atoms with Crippen LogP contribution in [0.4, 0.5) is 0 Å². The first-order chi connectivity index (χ1) is 12.1. The first-order valence-corrected chi connectivity index (χ1v) is 8.40. The van der Waals surface area contributed by atoms with Gasteiger partial charge in [-0.05, 0) is 22.3 Å². The molecule has 2 bridgehead atoms. The number of nitrogens with zero attached hydrogens (tertiary/aromatic N) is 1. The van der Waals surface area contributed by atoms with Gasteiger partial charge in [0, 0.05) is 11.8 Å². The van der Waals surface area contributed by atoms with Crippen molar-refractivity contribution in [3.63, 3.8) is 0 Å². The minimum absolute atomic E-state index is 0.142. The maximum Gasteiger partial charge on any atom is 0.237 e. The normalized spacial score (nSPS) is 28.6. The van der Waals surface area contributed by atoms with Gasteiger partial charge < -0.3 is 5.73 Å². The molecule has 6 rings (SSSR count). The van der Waals surface area contributed by atoms with E-state index in [1.807, 2.05) is 48.5 Å². The molecule has 2 aromatic rings. The Balaban J connectivity index is 1.74. The fourth-order valence-electron chi connectivity index (χ4n) is 5.05. The molecule has 1 heterocycles. The van der Waals surface area contributed by atoms with Crippen molar-refractivity contribution < 1.29 is 14.4 Å². The smallest absolute Gasteiger partial charge is 0.237 e. The number of nitrogens with two attached hydrogens (primary N) is 1. The van der Waals surface area contributed by atoms with E-state index in [9.17, 15) is 14.4 Å². The number of amides is 3. The van der Waals surface area contributed by atoms with E-state index in [0.29, 0.717) is 0 Å². The number of benzene rings is 2. The maximum absolute atomic E-state index is 13.0. The fourth-order valence-corrected chi connectivity index (χ4v) is 5.05. The van der Waals surface area contributed by atoms with Crippen LogP contribution in [0.3, 0.4) is 0 Å². The molecule has 3 amide bonds. The second kappa shape index (κ2) is 4.79. The summed E-state index contributed by atoms with van der Waals surface area (Å²) < 4.78 is 0. The van der Waals surface area contributed by atoms with Gasteiger partial charge in [0.1, 0.15) is 6.54 Å². The standard InChI is InChI=1S/C20H16N2O3/c21-14(23)9-22-19(24)17-15-10-5-1-2-6-11(10)16(18(17)20(22)25)13-8-4-3-7-12(13)15/h1-8,15-18H,9H2,(H2,21,23)/t15?,16?,17-,18-/m1/s1. The van der Waals surface area contributed by atoms with Crippen LogP contribution in [0.25, 0.3) is 0 Å². The number of imide groups is 1. The zero-order valence-corrected chi connectivity index (χ0v) is 13.4. The highest BCUT2D eigenvalue weighted by molar-refractivity contribution is 6.09. The Morgan fingerprint density at radius 2 is 1.16 bits per heavy atom. The maximum atomic E-state index is 13.0. The molecule has 2 aromatic carbocycles. The summed E-state index contributed by atoms with van der Waals surface area (Å²) in [6.07, 6.45) is 0. The molecule has 3 aliphatic carbocycles. The third-order valence-electron chi connectivity index (χ3n) is 5.85. The Morgan fingerprint density at radius 3 is 1.48 bits per heavy atom. The van der Waals surface area contributed by atoms with Crippen molar-refractivity contribution in [1.29, 1.82) is 0 Å². The second-order valence-electron chi connectivity index (χ2n) is 6.99. The van der Waals surface area contributed by atoms with Gasteiger partial charge in [-0.2, -0.15) is 0 Å². The van der Waals surface area contributed by atoms with Gasteiger partial charge >= 0.3 is 0 Å². The van der Waals surface area contributed by atoms with E-state index < -0.39 is 17.7 Å². The number of hydrogen-bond acceptors (Lipinski definition) is 3. The Morgan fingerprint density at radius 1 is 0.800 bits per heavy atom. The van der Waals surface area contributed by atoms with E-state index in [1.54, 1.807) is 0 Å². The number of carbonyl (C=O) groups is 3. The van der Waals surface area contributed by atoms with Gasteiger partial charge in [-0.3, -0.25) is 19.3 Å². The summed E-state index contributed by atoms with van der Waals surface area (Å²) in [5.74, 6) is -2.37. The zero-order chi connectivity index (χ0) is 17.3. The summed E-state index contributed by atoms with van der Waals surface area (Å²) in [6.45, 7) is -0.337. The van der Waals surface area contributed by atoms with E-state index in [2.05, 4.69) is 0 Å². The molecule has 0 aromatic heterocycles. The summed E-state index contributed by atoms with van der Waals surface area (Å²) in [7, 11) is 0. The van der Waals surface area contributed by atoms with Crippen molar-refractivity contribution in [2.75, 3.05) is 6.54 Å². The Bertz CT molecular complexity index is 836. The van der Waals surface area contributed by atoms with Crippen LogP contribution in [0.15, 0.2) is 48.5 Å². The van der Waals surface area contributed by atoms with Gasteiger partial charge in [-0.15, -0.1) is 0 Å². The van der Waals surface area contributed by atoms with Crippen molar-refractivity contribution in [2.45, 2.75) is 11.8 Å². The van der Waals surface area contributed by atoms with Crippen LogP contribution >= 0.6 is 0 Å². The molecular weight excluding hydrogens is 316 g/mol. The Labute approximate surface area is 144 Å². The van der Waals surface area contributed by atoms with E-state index in [0.717, 1.165) is 27.2 Å². The van der Waals surface area contributed by atoms with Crippen LogP contribution < -0.4 is 5.73 Å². The van der Waals surface area contributed by atoms with E-state index in [4.69, 9.17) is 5.73 Å². The summed E-state index contributed by atoms with van der Waals surface area (Å²) in [6, 6.07) is 16.1. The Hall–Kier alpha value is -2.95. The molecule has 4 aliphatic rings. The number of hydrogen-bond donors (Lipinski definition) is 1. The average molecular weight is 332 g/mol. The fraction of sp³-hybridized carbons (Fsp3) is 0.250. The molecule has 25 heavy (non-hydrogen) atoms. The highest BCUT2D eigenvalue weighted by Crippen LogP contribution is 2.60. The molecule has 5 heteroatoms. The molecule has 0 saturated carbocycles. The van der Waals surface area contributed by atoms with Crippen LogP contribution in [0.2, 0.25) is 0 Å². The summed E-state index contributed by atoms with van der Waals surface area (Å²) >= 11 is 0. The van der Waals surface area contributed by atoms with E-state index >= 15 is 0 Å². The van der Waals surface area contributed by atoms with Gasteiger partial charge in [0.05, 0.1) is 11.8 Å². The third-order valence-corrected chi connectivity index (χ3v) is 5.85. The predicted octanol–water partition coefficient (Wildman–Crippen LogP) is 1.36. The molecule has 5 nitrogen and oxygen atoms in total. The molecule has 2 N–H and O–H groups in total. The molecular formula is C20H16N2O3. The average Bonchev–Trinajstić information content (AvgIpc) is 2.87. The lowest BCUT2D eigenvalue weighted by Gasteiger charge is -2.45. The predicted molar refractivity (Wildman–Crippen MR) is 89.5 cm³/mol. The van der Waals surface area contributed by atoms with Crippen LogP contribution in [-0.2, 0) is 14.4 Å². The second-order valence-corrected chi connectivity index (χ2v) is 6.99. The van der Waals surface area contributed by atoms with Gasteiger partial charge in [0.15, 0.2) is 0 Å². The van der Waals surface area contributed by atoms with Crippen molar-refractivity contribution in [2.24, 2.45) is 17.6 Å². The molecule has 0 radical (unpaired) electrons. The highest BCUT2D eigenvalue weighted by Gasteiger charge is 2.61. The third kappa shape index (κ3) is 1.70. The van der Waals surface area contributed by atoms with E-state index in [-0.39, 0.29) is 30.2 Å². The summed E-state index contributed by atoms with van der Waals surface area (Å²) in [5, 5.41) is 0. The molecule has 0 unspecified atom stereocenters. The van der Waals surface area contributed by atoms with Crippen molar-refractivity contribution >= 4 is 17.7 Å². The topological polar surface area (TPSA) is 80.5 Å². The lowest BCUT2D eigenvalue weighted by molar-refractivity contribution is -0.143. The molecule has 1 fully saturated rings. The molecule has 2 atom stereocenters. The number of primary amides is 1. The first-order valence-electron chi connectivity index (χ1n) is 8.40. The summed E-state index contributed by atoms with van der Waals surface area (Å²) in [5.41, 5.74) is 9.73. The van der Waals surface area contributed by atoms with Crippen molar-refractivity contribution in [1.82, 2.24) is 4.90 Å². The lowest BCUT2D eigenvalue weighted by atomic mass is 9.55. The largest absolute Gasteiger partial charge is 0.368 e. The van der Waals surface area contributed by atoms with Crippen molar-refractivity contribution in [3.05, 3.63) is 70.8 Å². The molecule has 1 aliphatic heterocycles. The molecule has 124 valence electrons. The van der Waals surface area contributed by atoms with Gasteiger partial charge in [0.2, 0.25) is 17.7 Å². The SMILES string of the molecule is NC(=O)CN1C(=O)[C@@H]2C3c4ccccc4C(c4ccccc43)[C@H]2C1=O. The van der Waals surface area contributed by atoms with Crippen LogP contribution in [-0.4, -0.2) is 29.2 Å². The summed E-state index contributed by atoms with van der Waals surface area (Å²) in [4.78, 5) is 38.4. The van der Waals surface area contributed by atoms with Crippen LogP contribution in [0.1, 0.15) is 34.1 Å².